The average Bonchev–Trinajstić information content (AvgIpc) is 2.88. The fourth-order valence-corrected chi connectivity index (χ4v) is 5.60. The third kappa shape index (κ3) is 5.41. The molecule has 0 aromatic heterocycles. The maximum atomic E-state index is 6.01. The zero-order valence-electron chi connectivity index (χ0n) is 21.5. The summed E-state index contributed by atoms with van der Waals surface area (Å²) in [5.74, 6) is 2.53. The highest BCUT2D eigenvalue weighted by Crippen LogP contribution is 2.48. The Kier molecular flexibility index (Phi) is 7.87. The van der Waals surface area contributed by atoms with Crippen LogP contribution in [0.3, 0.4) is 0 Å². The molecule has 35 heavy (non-hydrogen) atoms. The van der Waals surface area contributed by atoms with E-state index in [0.29, 0.717) is 11.8 Å². The lowest BCUT2D eigenvalue weighted by Gasteiger charge is -2.21. The van der Waals surface area contributed by atoms with E-state index in [0.717, 1.165) is 21.3 Å². The molecule has 0 saturated carbocycles. The summed E-state index contributed by atoms with van der Waals surface area (Å²) in [4.78, 5) is 2.19. The van der Waals surface area contributed by atoms with E-state index in [1.165, 1.54) is 33.4 Å². The molecule has 0 fully saturated rings. The van der Waals surface area contributed by atoms with Crippen molar-refractivity contribution < 1.29 is 9.47 Å². The van der Waals surface area contributed by atoms with Crippen molar-refractivity contribution in [3.63, 3.8) is 0 Å². The molecule has 0 radical (unpaired) electrons. The van der Waals surface area contributed by atoms with Crippen LogP contribution in [0.4, 0.5) is 0 Å². The fraction of sp³-hybridized carbons (Fsp3) is 0.250. The minimum atomic E-state index is 0.330. The van der Waals surface area contributed by atoms with E-state index < -0.39 is 0 Å². The molecule has 0 aliphatic rings. The fourth-order valence-electron chi connectivity index (χ4n) is 4.41. The molecule has 0 heterocycles. The molecule has 3 heteroatoms. The molecule has 2 nitrogen and oxygen atoms in total. The van der Waals surface area contributed by atoms with Crippen molar-refractivity contribution >= 4 is 11.8 Å². The highest BCUT2D eigenvalue weighted by Gasteiger charge is 2.21. The van der Waals surface area contributed by atoms with E-state index >= 15 is 0 Å². The summed E-state index contributed by atoms with van der Waals surface area (Å²) in [6, 6.07) is 30.1. The Morgan fingerprint density at radius 1 is 0.514 bits per heavy atom. The molecular formula is C32H34O2S. The van der Waals surface area contributed by atoms with Gasteiger partial charge >= 0.3 is 0 Å². The summed E-state index contributed by atoms with van der Waals surface area (Å²) >= 11 is 1.72. The molecule has 0 aliphatic carbocycles. The Morgan fingerprint density at radius 3 is 1.20 bits per heavy atom. The maximum Gasteiger partial charge on any atom is 0.136 e. The molecule has 4 aromatic carbocycles. The predicted octanol–water partition coefficient (Wildman–Crippen LogP) is 9.44. The van der Waals surface area contributed by atoms with Crippen LogP contribution in [0.15, 0.2) is 94.7 Å². The van der Waals surface area contributed by atoms with Gasteiger partial charge in [0.2, 0.25) is 0 Å². The van der Waals surface area contributed by atoms with Gasteiger partial charge in [-0.3, -0.25) is 0 Å². The SMILES string of the molecule is COc1c(Sc2cc(-c3ccccc3)cc(C(C)C)c2OC)cc(-c2ccccc2)cc1C(C)C. The van der Waals surface area contributed by atoms with Crippen molar-refractivity contribution in [1.82, 2.24) is 0 Å². The van der Waals surface area contributed by atoms with E-state index in [1.807, 2.05) is 0 Å². The first kappa shape index (κ1) is 24.9. The van der Waals surface area contributed by atoms with Crippen molar-refractivity contribution in [3.05, 3.63) is 96.1 Å². The third-order valence-electron chi connectivity index (χ3n) is 6.25. The summed E-state index contributed by atoms with van der Waals surface area (Å²) in [6.07, 6.45) is 0. The lowest BCUT2D eigenvalue weighted by molar-refractivity contribution is 0.395. The van der Waals surface area contributed by atoms with Gasteiger partial charge in [0.05, 0.1) is 24.0 Å². The molecule has 0 aliphatic heterocycles. The van der Waals surface area contributed by atoms with Crippen LogP contribution in [0.25, 0.3) is 22.3 Å². The zero-order chi connectivity index (χ0) is 24.9. The number of hydrogen-bond acceptors (Lipinski definition) is 3. The smallest absolute Gasteiger partial charge is 0.136 e. The number of hydrogen-bond donors (Lipinski definition) is 0. The van der Waals surface area contributed by atoms with Crippen molar-refractivity contribution in [1.29, 1.82) is 0 Å². The first-order chi connectivity index (χ1) is 16.9. The Labute approximate surface area is 214 Å². The van der Waals surface area contributed by atoms with E-state index in [4.69, 9.17) is 9.47 Å². The van der Waals surface area contributed by atoms with Gasteiger partial charge in [-0.05, 0) is 69.5 Å². The molecule has 0 bridgehead atoms. The van der Waals surface area contributed by atoms with Crippen LogP contribution in [0, 0.1) is 0 Å². The topological polar surface area (TPSA) is 18.5 Å². The lowest BCUT2D eigenvalue weighted by atomic mass is 9.96. The molecule has 180 valence electrons. The van der Waals surface area contributed by atoms with Gasteiger partial charge in [0.1, 0.15) is 11.5 Å². The standard InChI is InChI=1S/C32H34O2S/c1-21(2)27-17-25(23-13-9-7-10-14-23)19-29(31(27)33-5)35-30-20-26(24-15-11-8-12-16-24)18-28(22(3)4)32(30)34-6/h7-22H,1-6H3. The highest BCUT2D eigenvalue weighted by atomic mass is 32.2. The first-order valence-corrected chi connectivity index (χ1v) is 13.0. The monoisotopic (exact) mass is 482 g/mol. The number of rotatable bonds is 8. The van der Waals surface area contributed by atoms with Crippen LogP contribution in [0.2, 0.25) is 0 Å². The Hall–Kier alpha value is -3.17. The van der Waals surface area contributed by atoms with Crippen LogP contribution >= 0.6 is 11.8 Å². The molecule has 0 saturated heterocycles. The summed E-state index contributed by atoms with van der Waals surface area (Å²) in [5, 5.41) is 0. The van der Waals surface area contributed by atoms with E-state index in [2.05, 4.69) is 113 Å². The molecule has 0 atom stereocenters. The maximum absolute atomic E-state index is 6.01. The van der Waals surface area contributed by atoms with Crippen LogP contribution in [-0.4, -0.2) is 14.2 Å². The molecule has 4 aromatic rings. The summed E-state index contributed by atoms with van der Waals surface area (Å²) < 4.78 is 12.0. The second-order valence-corrected chi connectivity index (χ2v) is 10.4. The molecular weight excluding hydrogens is 448 g/mol. The average molecular weight is 483 g/mol. The molecule has 0 N–H and O–H groups in total. The molecule has 0 amide bonds. The summed E-state index contributed by atoms with van der Waals surface area (Å²) in [5.41, 5.74) is 7.20. The van der Waals surface area contributed by atoms with E-state index in [-0.39, 0.29) is 0 Å². The van der Waals surface area contributed by atoms with Crippen LogP contribution in [0.1, 0.15) is 50.7 Å². The summed E-state index contributed by atoms with van der Waals surface area (Å²) in [7, 11) is 3.54. The Morgan fingerprint density at radius 2 is 0.886 bits per heavy atom. The first-order valence-electron chi connectivity index (χ1n) is 12.2. The normalized spacial score (nSPS) is 11.2. The number of methoxy groups -OCH3 is 2. The summed E-state index contributed by atoms with van der Waals surface area (Å²) in [6.45, 7) is 8.87. The van der Waals surface area contributed by atoms with Crippen LogP contribution < -0.4 is 9.47 Å². The Bertz CT molecular complexity index is 1180. The van der Waals surface area contributed by atoms with Crippen LogP contribution in [-0.2, 0) is 0 Å². The van der Waals surface area contributed by atoms with Crippen molar-refractivity contribution in [2.45, 2.75) is 49.3 Å². The van der Waals surface area contributed by atoms with Gasteiger partial charge in [-0.15, -0.1) is 0 Å². The Balaban J connectivity index is 1.92. The van der Waals surface area contributed by atoms with Crippen LogP contribution in [0.5, 0.6) is 11.5 Å². The molecule has 0 unspecified atom stereocenters. The van der Waals surface area contributed by atoms with Gasteiger partial charge in [0, 0.05) is 0 Å². The molecule has 0 spiro atoms. The van der Waals surface area contributed by atoms with Crippen molar-refractivity contribution in [2.75, 3.05) is 14.2 Å². The largest absolute Gasteiger partial charge is 0.495 e. The minimum absolute atomic E-state index is 0.330. The van der Waals surface area contributed by atoms with Gasteiger partial charge in [-0.25, -0.2) is 0 Å². The molecule has 4 rings (SSSR count). The second kappa shape index (κ2) is 11.0. The number of benzene rings is 4. The third-order valence-corrected chi connectivity index (χ3v) is 7.30. The zero-order valence-corrected chi connectivity index (χ0v) is 22.3. The number of ether oxygens (including phenoxy) is 2. The van der Waals surface area contributed by atoms with E-state index in [1.54, 1.807) is 26.0 Å². The van der Waals surface area contributed by atoms with Gasteiger partial charge in [0.25, 0.3) is 0 Å². The van der Waals surface area contributed by atoms with Gasteiger partial charge in [-0.1, -0.05) is 100 Å². The van der Waals surface area contributed by atoms with Gasteiger partial charge in [0.15, 0.2) is 0 Å². The van der Waals surface area contributed by atoms with Gasteiger partial charge in [-0.2, -0.15) is 0 Å². The highest BCUT2D eigenvalue weighted by molar-refractivity contribution is 7.99. The van der Waals surface area contributed by atoms with E-state index in [9.17, 15) is 0 Å². The second-order valence-electron chi connectivity index (χ2n) is 9.34. The van der Waals surface area contributed by atoms with Crippen molar-refractivity contribution in [2.24, 2.45) is 0 Å². The lowest BCUT2D eigenvalue weighted by Crippen LogP contribution is -2.00. The van der Waals surface area contributed by atoms with Crippen molar-refractivity contribution in [3.8, 4) is 33.8 Å². The minimum Gasteiger partial charge on any atom is -0.495 e. The predicted molar refractivity (Wildman–Crippen MR) is 149 cm³/mol. The quantitative estimate of drug-likeness (QED) is 0.249. The van der Waals surface area contributed by atoms with Gasteiger partial charge < -0.3 is 9.47 Å².